The van der Waals surface area contributed by atoms with Crippen molar-refractivity contribution in [3.8, 4) is 5.75 Å². The molecule has 5 heteroatoms. The Hall–Kier alpha value is -2.72. The summed E-state index contributed by atoms with van der Waals surface area (Å²) in [5.74, 6) is 1.10. The van der Waals surface area contributed by atoms with Crippen molar-refractivity contribution in [1.29, 1.82) is 0 Å². The van der Waals surface area contributed by atoms with Crippen LogP contribution in [0.5, 0.6) is 5.75 Å². The molecule has 0 N–H and O–H groups in total. The van der Waals surface area contributed by atoms with Gasteiger partial charge in [0.15, 0.2) is 0 Å². The van der Waals surface area contributed by atoms with E-state index >= 15 is 0 Å². The molecule has 0 spiro atoms. The number of benzene rings is 2. The lowest BCUT2D eigenvalue weighted by Gasteiger charge is -2.22. The van der Waals surface area contributed by atoms with Crippen LogP contribution in [0.3, 0.4) is 0 Å². The van der Waals surface area contributed by atoms with Crippen LogP contribution in [0.15, 0.2) is 77.4 Å². The number of carbonyl (C=O) groups excluding carboxylic acids is 1. The maximum atomic E-state index is 12.6. The number of hydrogen-bond donors (Lipinski definition) is 0. The molecular formula is C18H14ClNO3. The van der Waals surface area contributed by atoms with Gasteiger partial charge in [0.1, 0.15) is 11.5 Å². The van der Waals surface area contributed by atoms with Gasteiger partial charge in [-0.25, -0.2) is 4.79 Å². The maximum absolute atomic E-state index is 12.6. The SMILES string of the molecule is O=C(Oc1ccccc1)N(Cc1ccco1)c1ccccc1Cl. The topological polar surface area (TPSA) is 42.7 Å². The van der Waals surface area contributed by atoms with Gasteiger partial charge in [0.05, 0.1) is 23.5 Å². The molecule has 0 aliphatic heterocycles. The molecule has 2 aromatic carbocycles. The fraction of sp³-hybridized carbons (Fsp3) is 0.0556. The first-order valence-corrected chi connectivity index (χ1v) is 7.43. The molecule has 0 unspecified atom stereocenters. The number of ether oxygens (including phenoxy) is 1. The Bertz CT molecular complexity index is 772. The second kappa shape index (κ2) is 7.03. The molecule has 0 aliphatic carbocycles. The average molecular weight is 328 g/mol. The number of furan rings is 1. The van der Waals surface area contributed by atoms with Crippen molar-refractivity contribution in [2.45, 2.75) is 6.54 Å². The molecule has 1 heterocycles. The van der Waals surface area contributed by atoms with Crippen LogP contribution < -0.4 is 9.64 Å². The van der Waals surface area contributed by atoms with Crippen LogP contribution in [-0.4, -0.2) is 6.09 Å². The Morgan fingerprint density at radius 1 is 1.00 bits per heavy atom. The third-order valence-electron chi connectivity index (χ3n) is 3.21. The zero-order valence-corrected chi connectivity index (χ0v) is 12.9. The highest BCUT2D eigenvalue weighted by Gasteiger charge is 2.21. The van der Waals surface area contributed by atoms with Gasteiger partial charge in [0.25, 0.3) is 0 Å². The van der Waals surface area contributed by atoms with Gasteiger partial charge in [-0.3, -0.25) is 4.90 Å². The van der Waals surface area contributed by atoms with Crippen molar-refractivity contribution < 1.29 is 13.9 Å². The maximum Gasteiger partial charge on any atom is 0.420 e. The predicted octanol–water partition coefficient (Wildman–Crippen LogP) is 5.14. The fourth-order valence-electron chi connectivity index (χ4n) is 2.12. The highest BCUT2D eigenvalue weighted by molar-refractivity contribution is 6.33. The number of hydrogen-bond acceptors (Lipinski definition) is 3. The summed E-state index contributed by atoms with van der Waals surface area (Å²) in [6.45, 7) is 0.225. The molecule has 1 amide bonds. The van der Waals surface area contributed by atoms with Crippen LogP contribution in [0.25, 0.3) is 0 Å². The van der Waals surface area contributed by atoms with Crippen LogP contribution in [0.4, 0.5) is 10.5 Å². The van der Waals surface area contributed by atoms with E-state index in [1.807, 2.05) is 12.1 Å². The summed E-state index contributed by atoms with van der Waals surface area (Å²) >= 11 is 6.23. The van der Waals surface area contributed by atoms with Crippen LogP contribution >= 0.6 is 11.6 Å². The standard InChI is InChI=1S/C18H14ClNO3/c19-16-10-4-5-11-17(16)20(13-15-9-6-12-22-15)18(21)23-14-7-2-1-3-8-14/h1-12H,13H2. The summed E-state index contributed by atoms with van der Waals surface area (Å²) < 4.78 is 10.8. The van der Waals surface area contributed by atoms with E-state index in [2.05, 4.69) is 0 Å². The quantitative estimate of drug-likeness (QED) is 0.666. The van der Waals surface area contributed by atoms with Crippen molar-refractivity contribution >= 4 is 23.4 Å². The Labute approximate surface area is 138 Å². The third-order valence-corrected chi connectivity index (χ3v) is 3.53. The number of anilines is 1. The summed E-state index contributed by atoms with van der Waals surface area (Å²) in [6, 6.07) is 19.5. The van der Waals surface area contributed by atoms with Gasteiger partial charge in [-0.1, -0.05) is 41.9 Å². The van der Waals surface area contributed by atoms with E-state index in [0.717, 1.165) is 0 Å². The second-order valence-corrected chi connectivity index (χ2v) is 5.21. The Kier molecular flexibility index (Phi) is 4.64. The number of para-hydroxylation sites is 2. The van der Waals surface area contributed by atoms with Gasteiger partial charge in [-0.15, -0.1) is 0 Å². The van der Waals surface area contributed by atoms with Crippen LogP contribution in [0.1, 0.15) is 5.76 Å². The van der Waals surface area contributed by atoms with Crippen LogP contribution in [0.2, 0.25) is 5.02 Å². The molecule has 0 saturated carbocycles. The van der Waals surface area contributed by atoms with E-state index in [1.165, 1.54) is 4.90 Å². The molecular weight excluding hydrogens is 314 g/mol. The van der Waals surface area contributed by atoms with Crippen LogP contribution in [-0.2, 0) is 6.54 Å². The fourth-order valence-corrected chi connectivity index (χ4v) is 2.36. The lowest BCUT2D eigenvalue weighted by atomic mass is 10.3. The summed E-state index contributed by atoms with van der Waals surface area (Å²) in [5, 5.41) is 0.462. The predicted molar refractivity (Wildman–Crippen MR) is 88.8 cm³/mol. The lowest BCUT2D eigenvalue weighted by molar-refractivity contribution is 0.206. The van der Waals surface area contributed by atoms with Gasteiger partial charge in [0, 0.05) is 0 Å². The monoisotopic (exact) mass is 327 g/mol. The molecule has 0 radical (unpaired) electrons. The molecule has 3 rings (SSSR count). The normalized spacial score (nSPS) is 10.3. The van der Waals surface area contributed by atoms with E-state index in [1.54, 1.807) is 60.9 Å². The second-order valence-electron chi connectivity index (χ2n) is 4.80. The van der Waals surface area contributed by atoms with E-state index in [4.69, 9.17) is 20.8 Å². The van der Waals surface area contributed by atoms with E-state index in [-0.39, 0.29) is 6.54 Å². The number of amides is 1. The summed E-state index contributed by atoms with van der Waals surface area (Å²) in [5.41, 5.74) is 0.562. The number of halogens is 1. The highest BCUT2D eigenvalue weighted by atomic mass is 35.5. The Balaban J connectivity index is 1.88. The molecule has 0 saturated heterocycles. The molecule has 23 heavy (non-hydrogen) atoms. The number of rotatable bonds is 4. The summed E-state index contributed by atoms with van der Waals surface area (Å²) in [4.78, 5) is 14.0. The molecule has 1 aromatic heterocycles. The van der Waals surface area contributed by atoms with Gasteiger partial charge >= 0.3 is 6.09 Å². The Morgan fingerprint density at radius 2 is 1.74 bits per heavy atom. The highest BCUT2D eigenvalue weighted by Crippen LogP contribution is 2.28. The minimum Gasteiger partial charge on any atom is -0.467 e. The summed E-state index contributed by atoms with van der Waals surface area (Å²) in [6.07, 6.45) is 1.03. The molecule has 4 nitrogen and oxygen atoms in total. The van der Waals surface area contributed by atoms with E-state index < -0.39 is 6.09 Å². The van der Waals surface area contributed by atoms with Gasteiger partial charge < -0.3 is 9.15 Å². The first-order valence-electron chi connectivity index (χ1n) is 7.05. The Morgan fingerprint density at radius 3 is 2.43 bits per heavy atom. The number of carbonyl (C=O) groups is 1. The van der Waals surface area contributed by atoms with Crippen molar-refractivity contribution in [2.24, 2.45) is 0 Å². The van der Waals surface area contributed by atoms with Crippen LogP contribution in [0, 0.1) is 0 Å². The van der Waals surface area contributed by atoms with Gasteiger partial charge in [-0.05, 0) is 36.4 Å². The van der Waals surface area contributed by atoms with Crippen molar-refractivity contribution in [3.63, 3.8) is 0 Å². The molecule has 0 fully saturated rings. The van der Waals surface area contributed by atoms with E-state index in [0.29, 0.717) is 22.2 Å². The number of nitrogens with zero attached hydrogens (tertiary/aromatic N) is 1. The lowest BCUT2D eigenvalue weighted by Crippen LogP contribution is -2.33. The van der Waals surface area contributed by atoms with Gasteiger partial charge in [0.2, 0.25) is 0 Å². The summed E-state index contributed by atoms with van der Waals surface area (Å²) in [7, 11) is 0. The largest absolute Gasteiger partial charge is 0.467 e. The molecule has 116 valence electrons. The van der Waals surface area contributed by atoms with Crippen molar-refractivity contribution in [3.05, 3.63) is 83.8 Å². The molecule has 0 bridgehead atoms. The third kappa shape index (κ3) is 3.73. The smallest absolute Gasteiger partial charge is 0.420 e. The van der Waals surface area contributed by atoms with Crippen molar-refractivity contribution in [2.75, 3.05) is 4.90 Å². The zero-order chi connectivity index (χ0) is 16.1. The average Bonchev–Trinajstić information content (AvgIpc) is 3.07. The minimum atomic E-state index is -0.527. The van der Waals surface area contributed by atoms with Gasteiger partial charge in [-0.2, -0.15) is 0 Å². The van der Waals surface area contributed by atoms with E-state index in [9.17, 15) is 4.79 Å². The molecule has 3 aromatic rings. The molecule has 0 atom stereocenters. The first kappa shape index (κ1) is 15.2. The zero-order valence-electron chi connectivity index (χ0n) is 12.2. The minimum absolute atomic E-state index is 0.225. The molecule has 0 aliphatic rings. The first-order chi connectivity index (χ1) is 11.2. The van der Waals surface area contributed by atoms with Crippen molar-refractivity contribution in [1.82, 2.24) is 0 Å².